The molecule has 2 rings (SSSR count). The van der Waals surface area contributed by atoms with Crippen molar-refractivity contribution in [2.45, 2.75) is 18.6 Å². The fourth-order valence-corrected chi connectivity index (χ4v) is 2.41. The van der Waals surface area contributed by atoms with E-state index in [1.165, 1.54) is 0 Å². The largest absolute Gasteiger partial charge is 0.390 e. The summed E-state index contributed by atoms with van der Waals surface area (Å²) in [6.45, 7) is 0. The van der Waals surface area contributed by atoms with Crippen molar-refractivity contribution < 1.29 is 15.0 Å². The van der Waals surface area contributed by atoms with Gasteiger partial charge in [0.15, 0.2) is 5.78 Å². The van der Waals surface area contributed by atoms with Crippen molar-refractivity contribution in [2.75, 3.05) is 5.88 Å². The van der Waals surface area contributed by atoms with E-state index in [2.05, 4.69) is 0 Å². The third-order valence-electron chi connectivity index (χ3n) is 3.33. The molecule has 0 spiro atoms. The maximum absolute atomic E-state index is 12.5. The van der Waals surface area contributed by atoms with Crippen LogP contribution < -0.4 is 0 Å². The second kappa shape index (κ2) is 7.36. The van der Waals surface area contributed by atoms with Gasteiger partial charge in [-0.2, -0.15) is 0 Å². The lowest BCUT2D eigenvalue weighted by atomic mass is 9.92. The second-order valence-electron chi connectivity index (χ2n) is 4.77. The van der Waals surface area contributed by atoms with Crippen LogP contribution in [0.15, 0.2) is 54.6 Å². The summed E-state index contributed by atoms with van der Waals surface area (Å²) in [5.41, 5.74) is 1.36. The fraction of sp³-hybridized carbons (Fsp3) is 0.235. The molecule has 110 valence electrons. The number of carbonyl (C=O) groups excluding carboxylic acids is 1. The van der Waals surface area contributed by atoms with Gasteiger partial charge in [0.1, 0.15) is 6.10 Å². The summed E-state index contributed by atoms with van der Waals surface area (Å²) in [6.07, 6.45) is -1.86. The van der Waals surface area contributed by atoms with Crippen LogP contribution in [0.3, 0.4) is 0 Å². The van der Waals surface area contributed by atoms with Crippen LogP contribution in [-0.4, -0.2) is 28.0 Å². The summed E-state index contributed by atoms with van der Waals surface area (Å²) in [7, 11) is 0. The van der Waals surface area contributed by atoms with Gasteiger partial charge in [-0.05, 0) is 12.0 Å². The normalized spacial score (nSPS) is 13.7. The van der Waals surface area contributed by atoms with E-state index in [0.29, 0.717) is 16.7 Å². The number of carbonyl (C=O) groups is 1. The minimum atomic E-state index is -1.13. The lowest BCUT2D eigenvalue weighted by Crippen LogP contribution is -2.21. The van der Waals surface area contributed by atoms with Crippen LogP contribution in [0.2, 0.25) is 0 Å². The first-order valence-corrected chi connectivity index (χ1v) is 7.29. The van der Waals surface area contributed by atoms with Crippen molar-refractivity contribution in [3.05, 3.63) is 71.3 Å². The van der Waals surface area contributed by atoms with E-state index in [0.717, 1.165) is 0 Å². The number of ketones is 1. The van der Waals surface area contributed by atoms with Gasteiger partial charge in [-0.15, -0.1) is 11.6 Å². The van der Waals surface area contributed by atoms with Crippen LogP contribution >= 0.6 is 11.6 Å². The number of hydrogen-bond acceptors (Lipinski definition) is 3. The highest BCUT2D eigenvalue weighted by molar-refractivity contribution is 6.17. The van der Waals surface area contributed by atoms with E-state index in [1.807, 2.05) is 6.07 Å². The van der Waals surface area contributed by atoms with E-state index < -0.39 is 12.2 Å². The lowest BCUT2D eigenvalue weighted by molar-refractivity contribution is 0.0166. The maximum Gasteiger partial charge on any atom is 0.193 e. The van der Waals surface area contributed by atoms with Crippen molar-refractivity contribution in [3.63, 3.8) is 0 Å². The summed E-state index contributed by atoms with van der Waals surface area (Å²) in [6, 6.07) is 15.6. The number of halogens is 1. The minimum Gasteiger partial charge on any atom is -0.390 e. The Morgan fingerprint density at radius 3 is 2.29 bits per heavy atom. The monoisotopic (exact) mass is 304 g/mol. The molecule has 0 aromatic heterocycles. The molecule has 2 unspecified atom stereocenters. The molecule has 0 bridgehead atoms. The Morgan fingerprint density at radius 1 is 1.00 bits per heavy atom. The van der Waals surface area contributed by atoms with Crippen LogP contribution in [0, 0.1) is 0 Å². The third-order valence-corrected chi connectivity index (χ3v) is 3.55. The molecule has 0 aliphatic carbocycles. The Kier molecular flexibility index (Phi) is 5.51. The molecule has 0 radical (unpaired) electrons. The molecular formula is C17H17ClO3. The number of hydrogen-bond donors (Lipinski definition) is 2. The van der Waals surface area contributed by atoms with Crippen molar-refractivity contribution >= 4 is 17.4 Å². The van der Waals surface area contributed by atoms with Gasteiger partial charge in [0.05, 0.1) is 6.10 Å². The molecule has 0 fully saturated rings. The third kappa shape index (κ3) is 3.70. The summed E-state index contributed by atoms with van der Waals surface area (Å²) in [4.78, 5) is 12.5. The molecular weight excluding hydrogens is 288 g/mol. The molecule has 2 aromatic rings. The average molecular weight is 305 g/mol. The van der Waals surface area contributed by atoms with E-state index in [1.54, 1.807) is 48.5 Å². The maximum atomic E-state index is 12.5. The number of aliphatic hydroxyl groups excluding tert-OH is 2. The Morgan fingerprint density at radius 2 is 1.62 bits per heavy atom. The van der Waals surface area contributed by atoms with Gasteiger partial charge in [0.2, 0.25) is 0 Å². The van der Waals surface area contributed by atoms with Gasteiger partial charge in [-0.3, -0.25) is 4.79 Å². The van der Waals surface area contributed by atoms with E-state index in [-0.39, 0.29) is 18.1 Å². The summed E-state index contributed by atoms with van der Waals surface area (Å²) >= 11 is 5.59. The first-order valence-electron chi connectivity index (χ1n) is 6.76. The molecule has 0 aliphatic rings. The zero-order valence-electron chi connectivity index (χ0n) is 11.4. The smallest absolute Gasteiger partial charge is 0.193 e. The van der Waals surface area contributed by atoms with Crippen molar-refractivity contribution in [2.24, 2.45) is 0 Å². The number of rotatable bonds is 6. The Labute approximate surface area is 128 Å². The first kappa shape index (κ1) is 15.7. The first-order chi connectivity index (χ1) is 10.1. The topological polar surface area (TPSA) is 57.5 Å². The van der Waals surface area contributed by atoms with Gasteiger partial charge in [0.25, 0.3) is 0 Å². The predicted molar refractivity (Wildman–Crippen MR) is 82.6 cm³/mol. The zero-order chi connectivity index (χ0) is 15.2. The lowest BCUT2D eigenvalue weighted by Gasteiger charge is -2.19. The average Bonchev–Trinajstić information content (AvgIpc) is 2.54. The molecule has 4 heteroatoms. The SMILES string of the molecule is O=C(c1ccccc1)c1ccccc1C(O)C(O)CCCl. The van der Waals surface area contributed by atoms with E-state index in [4.69, 9.17) is 11.6 Å². The Bertz CT molecular complexity index is 598. The van der Waals surface area contributed by atoms with Gasteiger partial charge < -0.3 is 10.2 Å². The summed E-state index contributed by atoms with van der Waals surface area (Å²) < 4.78 is 0. The summed E-state index contributed by atoms with van der Waals surface area (Å²) in [5, 5.41) is 20.1. The van der Waals surface area contributed by atoms with E-state index in [9.17, 15) is 15.0 Å². The molecule has 0 saturated carbocycles. The number of benzene rings is 2. The molecule has 2 N–H and O–H groups in total. The molecule has 3 nitrogen and oxygen atoms in total. The van der Waals surface area contributed by atoms with Gasteiger partial charge >= 0.3 is 0 Å². The van der Waals surface area contributed by atoms with Gasteiger partial charge in [0, 0.05) is 17.0 Å². The number of aliphatic hydroxyl groups is 2. The van der Waals surface area contributed by atoms with Gasteiger partial charge in [-0.1, -0.05) is 54.6 Å². The van der Waals surface area contributed by atoms with Crippen LogP contribution in [0.5, 0.6) is 0 Å². The molecule has 21 heavy (non-hydrogen) atoms. The Hall–Kier alpha value is -1.68. The highest BCUT2D eigenvalue weighted by Crippen LogP contribution is 2.25. The van der Waals surface area contributed by atoms with Crippen LogP contribution in [-0.2, 0) is 0 Å². The molecule has 0 amide bonds. The van der Waals surface area contributed by atoms with Gasteiger partial charge in [-0.25, -0.2) is 0 Å². The molecule has 2 aromatic carbocycles. The molecule has 0 saturated heterocycles. The van der Waals surface area contributed by atoms with Crippen LogP contribution in [0.4, 0.5) is 0 Å². The zero-order valence-corrected chi connectivity index (χ0v) is 12.2. The van der Waals surface area contributed by atoms with Crippen molar-refractivity contribution in [3.8, 4) is 0 Å². The minimum absolute atomic E-state index is 0.177. The van der Waals surface area contributed by atoms with Crippen molar-refractivity contribution in [1.29, 1.82) is 0 Å². The fourth-order valence-electron chi connectivity index (χ4n) is 2.18. The molecule has 0 heterocycles. The molecule has 2 atom stereocenters. The summed E-state index contributed by atoms with van der Waals surface area (Å²) in [5.74, 6) is 0.0656. The van der Waals surface area contributed by atoms with E-state index >= 15 is 0 Å². The van der Waals surface area contributed by atoms with Crippen LogP contribution in [0.1, 0.15) is 34.0 Å². The molecule has 0 aliphatic heterocycles. The standard InChI is InChI=1S/C17H17ClO3/c18-11-10-15(19)17(21)14-9-5-4-8-13(14)16(20)12-6-2-1-3-7-12/h1-9,15,17,19,21H,10-11H2. The number of alkyl halides is 1. The van der Waals surface area contributed by atoms with Crippen molar-refractivity contribution in [1.82, 2.24) is 0 Å². The highest BCUT2D eigenvalue weighted by Gasteiger charge is 2.23. The second-order valence-corrected chi connectivity index (χ2v) is 5.15. The predicted octanol–water partition coefficient (Wildman–Crippen LogP) is 2.94. The van der Waals surface area contributed by atoms with Crippen LogP contribution in [0.25, 0.3) is 0 Å². The quantitative estimate of drug-likeness (QED) is 0.637. The highest BCUT2D eigenvalue weighted by atomic mass is 35.5. The Balaban J connectivity index is 2.35.